The summed E-state index contributed by atoms with van der Waals surface area (Å²) in [5, 5.41) is 8.73. The highest BCUT2D eigenvalue weighted by molar-refractivity contribution is 6.42. The summed E-state index contributed by atoms with van der Waals surface area (Å²) in [6.45, 7) is 1.96. The number of hydrogen-bond acceptors (Lipinski definition) is 2. The maximum absolute atomic E-state index is 12.2. The minimum absolute atomic E-state index is 0.0570. The molecule has 0 aliphatic rings. The zero-order valence-corrected chi connectivity index (χ0v) is 16.6. The predicted molar refractivity (Wildman–Crippen MR) is 116 cm³/mol. The lowest BCUT2D eigenvalue weighted by Crippen LogP contribution is -2.37. The smallest absolute Gasteiger partial charge is 0.319 e. The monoisotopic (exact) mass is 412 g/mol. The molecule has 0 saturated carbocycles. The number of furan rings is 1. The van der Waals surface area contributed by atoms with Crippen LogP contribution < -0.4 is 10.6 Å². The number of benzene rings is 3. The molecule has 1 atom stereocenters. The van der Waals surface area contributed by atoms with E-state index in [1.165, 1.54) is 0 Å². The number of nitrogens with one attached hydrogen (secondary N) is 2. The van der Waals surface area contributed by atoms with Gasteiger partial charge >= 0.3 is 6.03 Å². The van der Waals surface area contributed by atoms with E-state index in [1.807, 2.05) is 37.3 Å². The number of fused-ring (bicyclic) bond motifs is 3. The first-order chi connectivity index (χ1) is 13.5. The van der Waals surface area contributed by atoms with Crippen LogP contribution in [0.1, 0.15) is 12.5 Å². The third-order valence-electron chi connectivity index (χ3n) is 4.54. The van der Waals surface area contributed by atoms with Crippen molar-refractivity contribution in [3.63, 3.8) is 0 Å². The van der Waals surface area contributed by atoms with Crippen molar-refractivity contribution in [1.82, 2.24) is 5.32 Å². The maximum Gasteiger partial charge on any atom is 0.319 e. The Labute approximate surface area is 172 Å². The summed E-state index contributed by atoms with van der Waals surface area (Å²) in [5.41, 5.74) is 3.46. The molecule has 28 heavy (non-hydrogen) atoms. The third kappa shape index (κ3) is 3.93. The minimum atomic E-state index is -0.291. The van der Waals surface area contributed by atoms with Crippen LogP contribution in [0.3, 0.4) is 0 Å². The van der Waals surface area contributed by atoms with Gasteiger partial charge in [-0.3, -0.25) is 0 Å². The van der Waals surface area contributed by atoms with E-state index >= 15 is 0 Å². The zero-order chi connectivity index (χ0) is 19.7. The van der Waals surface area contributed by atoms with Gasteiger partial charge in [-0.2, -0.15) is 0 Å². The van der Waals surface area contributed by atoms with Crippen LogP contribution in [0.15, 0.2) is 65.1 Å². The van der Waals surface area contributed by atoms with Crippen molar-refractivity contribution in [3.8, 4) is 0 Å². The Morgan fingerprint density at radius 3 is 2.57 bits per heavy atom. The molecule has 2 N–H and O–H groups in total. The predicted octanol–water partition coefficient (Wildman–Crippen LogP) is 6.65. The van der Waals surface area contributed by atoms with Crippen LogP contribution in [0.4, 0.5) is 10.5 Å². The van der Waals surface area contributed by atoms with E-state index in [1.54, 1.807) is 18.2 Å². The summed E-state index contributed by atoms with van der Waals surface area (Å²) >= 11 is 11.9. The number of carbonyl (C=O) groups is 1. The van der Waals surface area contributed by atoms with Crippen molar-refractivity contribution >= 4 is 56.9 Å². The number of anilines is 1. The van der Waals surface area contributed by atoms with Crippen LogP contribution in [0, 0.1) is 0 Å². The number of urea groups is 1. The average Bonchev–Trinajstić information content (AvgIpc) is 3.02. The van der Waals surface area contributed by atoms with Gasteiger partial charge in [0.05, 0.1) is 10.0 Å². The first-order valence-electron chi connectivity index (χ1n) is 8.92. The number of carbonyl (C=O) groups excluding carboxylic acids is 1. The first kappa shape index (κ1) is 18.7. The van der Waals surface area contributed by atoms with Crippen molar-refractivity contribution in [2.45, 2.75) is 19.4 Å². The Morgan fingerprint density at radius 2 is 1.75 bits per heavy atom. The molecule has 0 unspecified atom stereocenters. The summed E-state index contributed by atoms with van der Waals surface area (Å²) in [7, 11) is 0. The molecule has 4 aromatic rings. The van der Waals surface area contributed by atoms with Gasteiger partial charge in [-0.1, -0.05) is 47.5 Å². The highest BCUT2D eigenvalue weighted by Gasteiger charge is 2.12. The van der Waals surface area contributed by atoms with Crippen molar-refractivity contribution in [3.05, 3.63) is 76.3 Å². The molecule has 0 aliphatic heterocycles. The number of amides is 2. The number of rotatable bonds is 4. The molecule has 0 spiro atoms. The van der Waals surface area contributed by atoms with Crippen LogP contribution in [0.5, 0.6) is 0 Å². The van der Waals surface area contributed by atoms with E-state index in [0.29, 0.717) is 22.2 Å². The van der Waals surface area contributed by atoms with E-state index < -0.39 is 0 Å². The van der Waals surface area contributed by atoms with Crippen molar-refractivity contribution in [2.24, 2.45) is 0 Å². The zero-order valence-electron chi connectivity index (χ0n) is 15.1. The van der Waals surface area contributed by atoms with Gasteiger partial charge in [0, 0.05) is 22.5 Å². The average molecular weight is 413 g/mol. The molecule has 0 bridgehead atoms. The lowest BCUT2D eigenvalue weighted by molar-refractivity contribution is 0.249. The van der Waals surface area contributed by atoms with E-state index in [-0.39, 0.29) is 12.1 Å². The fourth-order valence-electron chi connectivity index (χ4n) is 3.27. The molecular weight excluding hydrogens is 395 g/mol. The van der Waals surface area contributed by atoms with Gasteiger partial charge in [-0.05, 0) is 55.3 Å². The normalized spacial score (nSPS) is 12.2. The fraction of sp³-hybridized carbons (Fsp3) is 0.136. The largest absolute Gasteiger partial charge is 0.456 e. The molecule has 0 fully saturated rings. The van der Waals surface area contributed by atoms with E-state index in [4.69, 9.17) is 27.6 Å². The van der Waals surface area contributed by atoms with E-state index in [2.05, 4.69) is 22.8 Å². The lowest BCUT2D eigenvalue weighted by Gasteiger charge is -2.15. The van der Waals surface area contributed by atoms with Gasteiger partial charge in [0.15, 0.2) is 0 Å². The highest BCUT2D eigenvalue weighted by atomic mass is 35.5. The maximum atomic E-state index is 12.2. The highest BCUT2D eigenvalue weighted by Crippen LogP contribution is 2.29. The van der Waals surface area contributed by atoms with Gasteiger partial charge in [-0.15, -0.1) is 0 Å². The molecular formula is C22H18Cl2N2O2. The number of hydrogen-bond donors (Lipinski definition) is 2. The van der Waals surface area contributed by atoms with Gasteiger partial charge in [-0.25, -0.2) is 4.79 Å². The molecule has 4 rings (SSSR count). The summed E-state index contributed by atoms with van der Waals surface area (Å²) < 4.78 is 5.86. The van der Waals surface area contributed by atoms with Crippen molar-refractivity contribution < 1.29 is 9.21 Å². The Kier molecular flexibility index (Phi) is 5.16. The van der Waals surface area contributed by atoms with E-state index in [0.717, 1.165) is 27.5 Å². The number of para-hydroxylation sites is 1. The minimum Gasteiger partial charge on any atom is -0.456 e. The number of halogens is 2. The van der Waals surface area contributed by atoms with E-state index in [9.17, 15) is 4.79 Å². The molecule has 6 heteroatoms. The molecule has 0 radical (unpaired) electrons. The Morgan fingerprint density at radius 1 is 0.964 bits per heavy atom. The SMILES string of the molecule is C[C@@H](Cc1ccc2oc3ccccc3c2c1)NC(=O)Nc1ccc(Cl)c(Cl)c1. The molecule has 4 nitrogen and oxygen atoms in total. The summed E-state index contributed by atoms with van der Waals surface area (Å²) in [6.07, 6.45) is 0.699. The summed E-state index contributed by atoms with van der Waals surface area (Å²) in [5.74, 6) is 0. The van der Waals surface area contributed by atoms with Crippen molar-refractivity contribution in [1.29, 1.82) is 0 Å². The standard InChI is InChI=1S/C22H18Cl2N2O2/c1-13(25-22(27)26-15-7-8-18(23)19(24)12-15)10-14-6-9-21-17(11-14)16-4-2-3-5-20(16)28-21/h2-9,11-13H,10H2,1H3,(H2,25,26,27)/t13-/m0/s1. The van der Waals surface area contributed by atoms with Gasteiger partial charge in [0.2, 0.25) is 0 Å². The molecule has 0 aliphatic carbocycles. The topological polar surface area (TPSA) is 54.3 Å². The van der Waals surface area contributed by atoms with Crippen LogP contribution in [0.25, 0.3) is 21.9 Å². The fourth-order valence-corrected chi connectivity index (χ4v) is 3.57. The van der Waals surface area contributed by atoms with Gasteiger partial charge in [0.1, 0.15) is 11.2 Å². The van der Waals surface area contributed by atoms with Gasteiger partial charge in [0.25, 0.3) is 0 Å². The van der Waals surface area contributed by atoms with Crippen LogP contribution in [-0.2, 0) is 6.42 Å². The Balaban J connectivity index is 1.44. The molecule has 3 aromatic carbocycles. The molecule has 2 amide bonds. The first-order valence-corrected chi connectivity index (χ1v) is 9.68. The molecule has 1 aromatic heterocycles. The third-order valence-corrected chi connectivity index (χ3v) is 5.28. The second-order valence-electron chi connectivity index (χ2n) is 6.76. The van der Waals surface area contributed by atoms with Crippen LogP contribution >= 0.6 is 23.2 Å². The van der Waals surface area contributed by atoms with Crippen molar-refractivity contribution in [2.75, 3.05) is 5.32 Å². The van der Waals surface area contributed by atoms with Crippen LogP contribution in [-0.4, -0.2) is 12.1 Å². The molecule has 142 valence electrons. The van der Waals surface area contributed by atoms with Crippen LogP contribution in [0.2, 0.25) is 10.0 Å². The Bertz CT molecular complexity index is 1170. The quantitative estimate of drug-likeness (QED) is 0.394. The molecule has 0 saturated heterocycles. The Hall–Kier alpha value is -2.69. The second kappa shape index (κ2) is 7.74. The summed E-state index contributed by atoms with van der Waals surface area (Å²) in [6, 6.07) is 18.7. The lowest BCUT2D eigenvalue weighted by atomic mass is 10.0. The second-order valence-corrected chi connectivity index (χ2v) is 7.58. The van der Waals surface area contributed by atoms with Gasteiger partial charge < -0.3 is 15.1 Å². The molecule has 1 heterocycles. The summed E-state index contributed by atoms with van der Waals surface area (Å²) in [4.78, 5) is 12.2.